The average molecular weight is 452 g/mol. The molecule has 0 saturated heterocycles. The molecule has 164 valence electrons. The number of nitrogens with zero attached hydrogens (tertiary/aromatic N) is 1. The van der Waals surface area contributed by atoms with Crippen LogP contribution in [0.2, 0.25) is 0 Å². The van der Waals surface area contributed by atoms with E-state index in [1.807, 2.05) is 4.72 Å². The van der Waals surface area contributed by atoms with Crippen molar-refractivity contribution in [3.63, 3.8) is 0 Å². The van der Waals surface area contributed by atoms with Gasteiger partial charge in [-0.15, -0.1) is 0 Å². The molecule has 0 atom stereocenters. The van der Waals surface area contributed by atoms with Gasteiger partial charge in [0.25, 0.3) is 0 Å². The smallest absolute Gasteiger partial charge is 0.346 e. The van der Waals surface area contributed by atoms with E-state index in [-0.39, 0.29) is 29.0 Å². The Labute approximate surface area is 176 Å². The molecule has 11 heteroatoms. The van der Waals surface area contributed by atoms with E-state index < -0.39 is 27.5 Å². The van der Waals surface area contributed by atoms with Crippen molar-refractivity contribution in [3.05, 3.63) is 42.1 Å². The number of fused-ring (bicyclic) bond motifs is 1. The lowest BCUT2D eigenvalue weighted by molar-refractivity contribution is -0.136. The number of hydrogen-bond donors (Lipinski definition) is 3. The first-order chi connectivity index (χ1) is 14.6. The maximum Gasteiger partial charge on any atom is 0.418 e. The summed E-state index contributed by atoms with van der Waals surface area (Å²) >= 11 is 0. The molecule has 0 bridgehead atoms. The number of carbonyl (C=O) groups excluding carboxylic acids is 1. The number of rotatable bonds is 6. The van der Waals surface area contributed by atoms with Crippen LogP contribution in [0.25, 0.3) is 22.2 Å². The molecule has 1 aromatic carbocycles. The van der Waals surface area contributed by atoms with Gasteiger partial charge in [0.05, 0.1) is 17.0 Å². The van der Waals surface area contributed by atoms with E-state index in [0.717, 1.165) is 25.0 Å². The highest BCUT2D eigenvalue weighted by molar-refractivity contribution is 7.92. The first-order valence-corrected chi connectivity index (χ1v) is 11.2. The summed E-state index contributed by atoms with van der Waals surface area (Å²) in [5.74, 6) is -0.368. The molecule has 0 aliphatic heterocycles. The minimum Gasteiger partial charge on any atom is -0.346 e. The first kappa shape index (κ1) is 21.2. The van der Waals surface area contributed by atoms with Gasteiger partial charge in [-0.2, -0.15) is 13.2 Å². The fourth-order valence-electron chi connectivity index (χ4n) is 3.19. The summed E-state index contributed by atoms with van der Waals surface area (Å²) in [6, 6.07) is 6.57. The Balaban J connectivity index is 1.81. The van der Waals surface area contributed by atoms with Crippen molar-refractivity contribution >= 4 is 38.5 Å². The molecule has 3 N–H and O–H groups in total. The number of aromatic nitrogens is 2. The van der Waals surface area contributed by atoms with E-state index in [4.69, 9.17) is 0 Å². The molecular weight excluding hydrogens is 433 g/mol. The molecule has 7 nitrogen and oxygen atoms in total. The number of sulfonamides is 1. The number of alkyl halides is 3. The van der Waals surface area contributed by atoms with E-state index >= 15 is 0 Å². The van der Waals surface area contributed by atoms with Crippen LogP contribution < -0.4 is 10.0 Å². The highest BCUT2D eigenvalue weighted by Crippen LogP contribution is 2.40. The van der Waals surface area contributed by atoms with E-state index in [2.05, 4.69) is 15.3 Å². The summed E-state index contributed by atoms with van der Waals surface area (Å²) in [4.78, 5) is 19.3. The SMILES string of the molecule is CCS(=O)(=O)Nc1ccc(-c2cc(NC(=O)C3CC3)nc3[nH]ccc23)cc1C(F)(F)F. The molecule has 4 rings (SSSR count). The number of hydrogen-bond acceptors (Lipinski definition) is 4. The number of benzene rings is 1. The van der Waals surface area contributed by atoms with Gasteiger partial charge < -0.3 is 10.3 Å². The second-order valence-electron chi connectivity index (χ2n) is 7.32. The fourth-order valence-corrected chi connectivity index (χ4v) is 3.85. The van der Waals surface area contributed by atoms with E-state index in [0.29, 0.717) is 16.6 Å². The standard InChI is InChI=1S/C20H19F3N4O3S/c1-2-31(29,30)27-16-6-5-12(9-15(16)20(21,22)23)14-10-17(26-19(28)11-3-4-11)25-18-13(14)7-8-24-18/h5-11,27H,2-4H2,1H3,(H2,24,25,26,28). The van der Waals surface area contributed by atoms with Crippen LogP contribution in [0.4, 0.5) is 24.7 Å². The van der Waals surface area contributed by atoms with Crippen LogP contribution in [-0.4, -0.2) is 30.0 Å². The molecule has 2 aromatic heterocycles. The molecule has 2 heterocycles. The van der Waals surface area contributed by atoms with Crippen molar-refractivity contribution in [3.8, 4) is 11.1 Å². The third-order valence-corrected chi connectivity index (χ3v) is 6.30. The summed E-state index contributed by atoms with van der Waals surface area (Å²) in [5.41, 5.74) is -0.604. The molecule has 1 aliphatic rings. The zero-order valence-corrected chi connectivity index (χ0v) is 17.2. The molecule has 0 spiro atoms. The predicted octanol–water partition coefficient (Wildman–Crippen LogP) is 4.36. The number of anilines is 2. The van der Waals surface area contributed by atoms with E-state index in [1.165, 1.54) is 19.1 Å². The quantitative estimate of drug-likeness (QED) is 0.517. The Morgan fingerprint density at radius 1 is 1.23 bits per heavy atom. The van der Waals surface area contributed by atoms with Crippen molar-refractivity contribution in [2.75, 3.05) is 15.8 Å². The van der Waals surface area contributed by atoms with Crippen molar-refractivity contribution in [1.29, 1.82) is 0 Å². The van der Waals surface area contributed by atoms with Crippen LogP contribution >= 0.6 is 0 Å². The van der Waals surface area contributed by atoms with Gasteiger partial charge in [-0.1, -0.05) is 6.07 Å². The molecule has 31 heavy (non-hydrogen) atoms. The Bertz CT molecular complexity index is 1260. The van der Waals surface area contributed by atoms with Crippen LogP contribution in [0.15, 0.2) is 36.5 Å². The molecular formula is C20H19F3N4O3S. The van der Waals surface area contributed by atoms with Gasteiger partial charge in [-0.05, 0) is 55.2 Å². The van der Waals surface area contributed by atoms with Crippen LogP contribution in [0.3, 0.4) is 0 Å². The second-order valence-corrected chi connectivity index (χ2v) is 9.33. The lowest BCUT2D eigenvalue weighted by Gasteiger charge is -2.16. The maximum atomic E-state index is 13.7. The van der Waals surface area contributed by atoms with Crippen LogP contribution in [0.5, 0.6) is 0 Å². The molecule has 1 amide bonds. The summed E-state index contributed by atoms with van der Waals surface area (Å²) in [7, 11) is -3.89. The van der Waals surface area contributed by atoms with Crippen LogP contribution in [0, 0.1) is 5.92 Å². The highest BCUT2D eigenvalue weighted by atomic mass is 32.2. The summed E-state index contributed by atoms with van der Waals surface area (Å²) in [6.45, 7) is 1.33. The number of nitrogens with one attached hydrogen (secondary N) is 3. The first-order valence-electron chi connectivity index (χ1n) is 9.58. The van der Waals surface area contributed by atoms with Crippen LogP contribution in [-0.2, 0) is 21.0 Å². The molecule has 0 radical (unpaired) electrons. The largest absolute Gasteiger partial charge is 0.418 e. The monoisotopic (exact) mass is 452 g/mol. The summed E-state index contributed by atoms with van der Waals surface area (Å²) in [5, 5.41) is 3.28. The van der Waals surface area contributed by atoms with Gasteiger partial charge >= 0.3 is 6.18 Å². The topological polar surface area (TPSA) is 104 Å². The van der Waals surface area contributed by atoms with Gasteiger partial charge in [-0.3, -0.25) is 9.52 Å². The van der Waals surface area contributed by atoms with E-state index in [9.17, 15) is 26.4 Å². The number of pyridine rings is 1. The van der Waals surface area contributed by atoms with Gasteiger partial charge in [0.15, 0.2) is 0 Å². The normalized spacial score (nSPS) is 14.6. The molecule has 1 fully saturated rings. The third-order valence-electron chi connectivity index (χ3n) is 5.01. The number of amides is 1. The second kappa shape index (κ2) is 7.56. The lowest BCUT2D eigenvalue weighted by Crippen LogP contribution is -2.18. The van der Waals surface area contributed by atoms with Crippen molar-refractivity contribution in [2.45, 2.75) is 25.9 Å². The highest BCUT2D eigenvalue weighted by Gasteiger charge is 2.35. The molecule has 3 aromatic rings. The Kier molecular flexibility index (Phi) is 5.16. The Morgan fingerprint density at radius 3 is 2.61 bits per heavy atom. The number of H-pyrrole nitrogens is 1. The van der Waals surface area contributed by atoms with E-state index in [1.54, 1.807) is 12.3 Å². The zero-order chi connectivity index (χ0) is 22.4. The van der Waals surface area contributed by atoms with Gasteiger partial charge in [0.2, 0.25) is 15.9 Å². The van der Waals surface area contributed by atoms with Crippen molar-refractivity contribution in [1.82, 2.24) is 9.97 Å². The van der Waals surface area contributed by atoms with Gasteiger partial charge in [0, 0.05) is 17.5 Å². The number of carbonyl (C=O) groups is 1. The average Bonchev–Trinajstić information content (AvgIpc) is 3.45. The van der Waals surface area contributed by atoms with Gasteiger partial charge in [0.1, 0.15) is 11.5 Å². The minimum atomic E-state index is -4.78. The third kappa shape index (κ3) is 4.50. The Morgan fingerprint density at radius 2 is 1.97 bits per heavy atom. The lowest BCUT2D eigenvalue weighted by atomic mass is 10.00. The Hall–Kier alpha value is -3.08. The fraction of sp³-hybridized carbons (Fsp3) is 0.300. The maximum absolute atomic E-state index is 13.7. The molecule has 1 saturated carbocycles. The molecule has 0 unspecified atom stereocenters. The van der Waals surface area contributed by atoms with Crippen molar-refractivity contribution in [2.24, 2.45) is 5.92 Å². The zero-order valence-electron chi connectivity index (χ0n) is 16.4. The minimum absolute atomic E-state index is 0.0627. The molecule has 1 aliphatic carbocycles. The van der Waals surface area contributed by atoms with Crippen LogP contribution in [0.1, 0.15) is 25.3 Å². The number of halogens is 3. The summed E-state index contributed by atoms with van der Waals surface area (Å²) < 4.78 is 66.8. The van der Waals surface area contributed by atoms with Gasteiger partial charge in [-0.25, -0.2) is 13.4 Å². The number of aromatic amines is 1. The predicted molar refractivity (Wildman–Crippen MR) is 111 cm³/mol. The summed E-state index contributed by atoms with van der Waals surface area (Å²) in [6.07, 6.45) is -1.59. The van der Waals surface area contributed by atoms with Crippen molar-refractivity contribution < 1.29 is 26.4 Å².